The van der Waals surface area contributed by atoms with Gasteiger partial charge < -0.3 is 14.4 Å². The van der Waals surface area contributed by atoms with E-state index in [1.807, 2.05) is 6.92 Å². The van der Waals surface area contributed by atoms with Crippen LogP contribution < -0.4 is 0 Å². The number of amides is 1. The van der Waals surface area contributed by atoms with Gasteiger partial charge in [-0.05, 0) is 19.8 Å². The van der Waals surface area contributed by atoms with Gasteiger partial charge >= 0.3 is 11.9 Å². The molecule has 1 aliphatic heterocycles. The summed E-state index contributed by atoms with van der Waals surface area (Å²) in [5.74, 6) is -1.10. The van der Waals surface area contributed by atoms with Gasteiger partial charge in [0.2, 0.25) is 5.91 Å². The highest BCUT2D eigenvalue weighted by atomic mass is 16.5. The highest BCUT2D eigenvalue weighted by Crippen LogP contribution is 2.25. The van der Waals surface area contributed by atoms with E-state index in [-0.39, 0.29) is 18.9 Å². The zero-order valence-electron chi connectivity index (χ0n) is 12.4. The molecule has 6 nitrogen and oxygen atoms in total. The third kappa shape index (κ3) is 3.71. The molecule has 1 heterocycles. The van der Waals surface area contributed by atoms with Crippen molar-refractivity contribution in [2.24, 2.45) is 0 Å². The van der Waals surface area contributed by atoms with Crippen LogP contribution in [-0.4, -0.2) is 48.5 Å². The summed E-state index contributed by atoms with van der Waals surface area (Å²) in [6, 6.07) is -1.35. The maximum Gasteiger partial charge on any atom is 0.328 e. The normalized spacial score (nSPS) is 19.9. The predicted octanol–water partition coefficient (Wildman–Crippen LogP) is 1.27. The Morgan fingerprint density at radius 3 is 2.65 bits per heavy atom. The average Bonchev–Trinajstić information content (AvgIpc) is 2.81. The fraction of sp³-hybridized carbons (Fsp3) is 0.786. The van der Waals surface area contributed by atoms with Gasteiger partial charge in [0.15, 0.2) is 0 Å². The highest BCUT2D eigenvalue weighted by molar-refractivity contribution is 5.92. The lowest BCUT2D eigenvalue weighted by molar-refractivity contribution is -0.160. The molecule has 0 aromatic rings. The molecule has 0 saturated carbocycles. The number of rotatable bonds is 7. The Kier molecular flexibility index (Phi) is 6.48. The first-order valence-electron chi connectivity index (χ1n) is 7.12. The van der Waals surface area contributed by atoms with Gasteiger partial charge in [-0.25, -0.2) is 9.59 Å². The van der Waals surface area contributed by atoms with Crippen molar-refractivity contribution < 1.29 is 23.9 Å². The van der Waals surface area contributed by atoms with Crippen molar-refractivity contribution in [2.75, 3.05) is 13.7 Å². The minimum atomic E-state index is -0.686. The summed E-state index contributed by atoms with van der Waals surface area (Å²) >= 11 is 0. The van der Waals surface area contributed by atoms with Crippen molar-refractivity contribution in [3.05, 3.63) is 0 Å². The lowest BCUT2D eigenvalue weighted by atomic mass is 10.1. The molecule has 0 aliphatic carbocycles. The summed E-state index contributed by atoms with van der Waals surface area (Å²) < 4.78 is 9.76. The zero-order chi connectivity index (χ0) is 15.1. The van der Waals surface area contributed by atoms with Crippen LogP contribution in [-0.2, 0) is 23.9 Å². The van der Waals surface area contributed by atoms with Gasteiger partial charge in [-0.15, -0.1) is 0 Å². The molecule has 114 valence electrons. The van der Waals surface area contributed by atoms with E-state index in [9.17, 15) is 14.4 Å². The van der Waals surface area contributed by atoms with Crippen LogP contribution in [0.5, 0.6) is 0 Å². The maximum absolute atomic E-state index is 12.1. The Hall–Kier alpha value is -1.59. The van der Waals surface area contributed by atoms with Gasteiger partial charge in [0, 0.05) is 6.42 Å². The number of esters is 2. The van der Waals surface area contributed by atoms with Gasteiger partial charge in [-0.2, -0.15) is 0 Å². The maximum atomic E-state index is 12.1. The molecule has 2 unspecified atom stereocenters. The van der Waals surface area contributed by atoms with Crippen molar-refractivity contribution in [1.29, 1.82) is 0 Å². The smallest absolute Gasteiger partial charge is 0.328 e. The quantitative estimate of drug-likeness (QED) is 0.659. The number of nitrogens with zero attached hydrogens (tertiary/aromatic N) is 1. The number of hydrogen-bond acceptors (Lipinski definition) is 5. The van der Waals surface area contributed by atoms with Crippen LogP contribution in [0, 0.1) is 0 Å². The second kappa shape index (κ2) is 7.87. The summed E-state index contributed by atoms with van der Waals surface area (Å²) in [6.45, 7) is 3.98. The van der Waals surface area contributed by atoms with E-state index in [0.717, 1.165) is 12.8 Å². The second-order valence-electron chi connectivity index (χ2n) is 4.79. The molecular weight excluding hydrogens is 262 g/mol. The summed E-state index contributed by atoms with van der Waals surface area (Å²) in [5, 5.41) is 0. The minimum absolute atomic E-state index is 0.186. The third-order valence-corrected chi connectivity index (χ3v) is 3.45. The molecular formula is C14H23NO5. The van der Waals surface area contributed by atoms with Crippen LogP contribution in [0.15, 0.2) is 0 Å². The Balaban J connectivity index is 2.92. The SMILES string of the molecule is CCCCC(C(=O)OCC)N1C(=O)CCC1C(=O)OC. The summed E-state index contributed by atoms with van der Waals surface area (Å²) in [6.07, 6.45) is 2.87. The first-order valence-corrected chi connectivity index (χ1v) is 7.12. The molecule has 0 aromatic heterocycles. The molecule has 0 radical (unpaired) electrons. The van der Waals surface area contributed by atoms with Gasteiger partial charge in [-0.1, -0.05) is 19.8 Å². The molecule has 2 atom stereocenters. The first kappa shape index (κ1) is 16.5. The molecule has 1 aliphatic rings. The molecule has 1 fully saturated rings. The zero-order valence-corrected chi connectivity index (χ0v) is 12.4. The molecule has 0 N–H and O–H groups in total. The molecule has 1 saturated heterocycles. The molecule has 6 heteroatoms. The molecule has 0 aromatic carbocycles. The lowest BCUT2D eigenvalue weighted by Crippen LogP contribution is -2.50. The van der Waals surface area contributed by atoms with Crippen LogP contribution in [0.25, 0.3) is 0 Å². The van der Waals surface area contributed by atoms with Gasteiger partial charge in [0.1, 0.15) is 12.1 Å². The Bertz CT molecular complexity index is 369. The monoisotopic (exact) mass is 285 g/mol. The van der Waals surface area contributed by atoms with E-state index in [0.29, 0.717) is 12.8 Å². The molecule has 20 heavy (non-hydrogen) atoms. The summed E-state index contributed by atoms with van der Waals surface area (Å²) in [7, 11) is 1.29. The van der Waals surface area contributed by atoms with Crippen LogP contribution in [0.1, 0.15) is 46.0 Å². The molecule has 1 rings (SSSR count). The summed E-state index contributed by atoms with van der Waals surface area (Å²) in [4.78, 5) is 37.2. The predicted molar refractivity (Wildman–Crippen MR) is 71.8 cm³/mol. The first-order chi connectivity index (χ1) is 9.56. The van der Waals surface area contributed by atoms with Crippen molar-refractivity contribution in [3.8, 4) is 0 Å². The van der Waals surface area contributed by atoms with E-state index < -0.39 is 24.0 Å². The number of hydrogen-bond donors (Lipinski definition) is 0. The Labute approximate surface area is 119 Å². The third-order valence-electron chi connectivity index (χ3n) is 3.45. The van der Waals surface area contributed by atoms with E-state index in [2.05, 4.69) is 0 Å². The van der Waals surface area contributed by atoms with Crippen molar-refractivity contribution in [2.45, 2.75) is 58.0 Å². The topological polar surface area (TPSA) is 72.9 Å². The fourth-order valence-corrected chi connectivity index (χ4v) is 2.47. The van der Waals surface area contributed by atoms with Gasteiger partial charge in [0.05, 0.1) is 13.7 Å². The molecule has 1 amide bonds. The van der Waals surface area contributed by atoms with E-state index in [1.165, 1.54) is 12.0 Å². The van der Waals surface area contributed by atoms with Crippen LogP contribution in [0.2, 0.25) is 0 Å². The van der Waals surface area contributed by atoms with Crippen LogP contribution >= 0.6 is 0 Å². The van der Waals surface area contributed by atoms with Crippen LogP contribution in [0.3, 0.4) is 0 Å². The van der Waals surface area contributed by atoms with Crippen LogP contribution in [0.4, 0.5) is 0 Å². The number of carbonyl (C=O) groups is 3. The Morgan fingerprint density at radius 2 is 2.10 bits per heavy atom. The largest absolute Gasteiger partial charge is 0.467 e. The minimum Gasteiger partial charge on any atom is -0.467 e. The summed E-state index contributed by atoms with van der Waals surface area (Å²) in [5.41, 5.74) is 0. The van der Waals surface area contributed by atoms with Crippen molar-refractivity contribution in [1.82, 2.24) is 4.90 Å². The van der Waals surface area contributed by atoms with Crippen molar-refractivity contribution in [3.63, 3.8) is 0 Å². The Morgan fingerprint density at radius 1 is 1.40 bits per heavy atom. The lowest BCUT2D eigenvalue weighted by Gasteiger charge is -2.30. The van der Waals surface area contributed by atoms with Gasteiger partial charge in [-0.3, -0.25) is 4.79 Å². The van der Waals surface area contributed by atoms with E-state index in [4.69, 9.17) is 9.47 Å². The number of methoxy groups -OCH3 is 1. The standard InChI is InChI=1S/C14H23NO5/c1-4-6-7-10(14(18)20-5-2)15-11(13(17)19-3)8-9-12(15)16/h10-11H,4-9H2,1-3H3. The average molecular weight is 285 g/mol. The number of carbonyl (C=O) groups excluding carboxylic acids is 3. The fourth-order valence-electron chi connectivity index (χ4n) is 2.47. The van der Waals surface area contributed by atoms with Crippen molar-refractivity contribution >= 4 is 17.8 Å². The van der Waals surface area contributed by atoms with E-state index >= 15 is 0 Å². The van der Waals surface area contributed by atoms with Gasteiger partial charge in [0.25, 0.3) is 0 Å². The molecule has 0 spiro atoms. The number of unbranched alkanes of at least 4 members (excludes halogenated alkanes) is 1. The van der Waals surface area contributed by atoms with E-state index in [1.54, 1.807) is 6.92 Å². The molecule has 0 bridgehead atoms. The highest BCUT2D eigenvalue weighted by Gasteiger charge is 2.43. The number of ether oxygens (including phenoxy) is 2. The number of likely N-dealkylation sites (tertiary alicyclic amines) is 1. The second-order valence-corrected chi connectivity index (χ2v) is 4.79.